The number of nitrogens with one attached hydrogen (secondary N) is 1. The minimum Gasteiger partial charge on any atom is -0.309 e. The Balaban J connectivity index is 1.65. The maximum atomic E-state index is 4.84. The third-order valence-corrected chi connectivity index (χ3v) is 8.68. The van der Waals surface area contributed by atoms with E-state index in [0.29, 0.717) is 5.25 Å². The van der Waals surface area contributed by atoms with Crippen molar-refractivity contribution >= 4 is 34.9 Å². The lowest BCUT2D eigenvalue weighted by Gasteiger charge is -2.30. The highest BCUT2D eigenvalue weighted by Crippen LogP contribution is 2.45. The first-order chi connectivity index (χ1) is 9.13. The van der Waals surface area contributed by atoms with Crippen molar-refractivity contribution in [3.8, 4) is 0 Å². The Bertz CT molecular complexity index is 442. The fraction of sp³-hybridized carbons (Fsp3) is 0.786. The molecule has 0 bridgehead atoms. The maximum Gasteiger partial charge on any atom is 0.107 e. The molecule has 1 saturated heterocycles. The Kier molecular flexibility index (Phi) is 4.47. The summed E-state index contributed by atoms with van der Waals surface area (Å²) in [4.78, 5) is 6.28. The van der Waals surface area contributed by atoms with Gasteiger partial charge in [-0.1, -0.05) is 13.8 Å². The Hall–Kier alpha value is 0.290. The SMILES string of the molecule is Cc1nc(C2CSC(C)C(C)S2)sc1CNC1CC1. The van der Waals surface area contributed by atoms with E-state index in [2.05, 4.69) is 49.6 Å². The number of hydrogen-bond donors (Lipinski definition) is 1. The molecule has 1 aliphatic carbocycles. The first-order valence-electron chi connectivity index (χ1n) is 7.10. The number of aromatic nitrogens is 1. The first-order valence-corrected chi connectivity index (χ1v) is 9.91. The number of thiazole rings is 1. The molecule has 3 rings (SSSR count). The van der Waals surface area contributed by atoms with E-state index in [1.165, 1.54) is 34.2 Å². The number of thioether (sulfide) groups is 2. The minimum atomic E-state index is 0.606. The smallest absolute Gasteiger partial charge is 0.107 e. The molecule has 2 fully saturated rings. The lowest BCUT2D eigenvalue weighted by Crippen LogP contribution is -2.21. The van der Waals surface area contributed by atoms with Crippen molar-refractivity contribution in [2.24, 2.45) is 0 Å². The third kappa shape index (κ3) is 3.49. The number of aryl methyl sites for hydroxylation is 1. The quantitative estimate of drug-likeness (QED) is 0.908. The molecule has 0 radical (unpaired) electrons. The highest BCUT2D eigenvalue weighted by Gasteiger charge is 2.29. The predicted octanol–water partition coefficient (Wildman–Crippen LogP) is 4.00. The molecule has 2 heterocycles. The maximum absolute atomic E-state index is 4.84. The summed E-state index contributed by atoms with van der Waals surface area (Å²) in [5, 5.41) is 7.07. The lowest BCUT2D eigenvalue weighted by atomic mass is 10.3. The molecule has 0 amide bonds. The molecule has 0 spiro atoms. The summed E-state index contributed by atoms with van der Waals surface area (Å²) in [5.41, 5.74) is 1.24. The van der Waals surface area contributed by atoms with Crippen LogP contribution in [-0.2, 0) is 6.54 Å². The van der Waals surface area contributed by atoms with Gasteiger partial charge in [0.05, 0.1) is 10.9 Å². The Morgan fingerprint density at radius 2 is 2.05 bits per heavy atom. The molecule has 1 aromatic rings. The van der Waals surface area contributed by atoms with Crippen LogP contribution in [0.5, 0.6) is 0 Å². The summed E-state index contributed by atoms with van der Waals surface area (Å²) in [6, 6.07) is 0.783. The molecular formula is C14H22N2S3. The van der Waals surface area contributed by atoms with E-state index >= 15 is 0 Å². The van der Waals surface area contributed by atoms with Crippen molar-refractivity contribution < 1.29 is 0 Å². The number of hydrogen-bond acceptors (Lipinski definition) is 5. The summed E-state index contributed by atoms with van der Waals surface area (Å²) < 4.78 is 0. The summed E-state index contributed by atoms with van der Waals surface area (Å²) in [6.07, 6.45) is 2.71. The van der Waals surface area contributed by atoms with Crippen LogP contribution >= 0.6 is 34.9 Å². The van der Waals surface area contributed by atoms with Gasteiger partial charge in [0.1, 0.15) is 5.01 Å². The van der Waals surface area contributed by atoms with E-state index in [1.54, 1.807) is 0 Å². The molecule has 2 nitrogen and oxygen atoms in total. The van der Waals surface area contributed by atoms with Gasteiger partial charge >= 0.3 is 0 Å². The van der Waals surface area contributed by atoms with Gasteiger partial charge in [0.15, 0.2) is 0 Å². The molecule has 3 atom stereocenters. The molecule has 0 aromatic carbocycles. The van der Waals surface area contributed by atoms with Crippen LogP contribution in [0, 0.1) is 6.92 Å². The zero-order valence-electron chi connectivity index (χ0n) is 11.8. The molecule has 106 valence electrons. The van der Waals surface area contributed by atoms with Crippen LogP contribution in [-0.4, -0.2) is 27.3 Å². The van der Waals surface area contributed by atoms with E-state index in [0.717, 1.165) is 23.1 Å². The number of nitrogens with zero attached hydrogens (tertiary/aromatic N) is 1. The molecule has 5 heteroatoms. The van der Waals surface area contributed by atoms with Crippen molar-refractivity contribution in [1.29, 1.82) is 0 Å². The average Bonchev–Trinajstić information content (AvgIpc) is 3.14. The molecule has 1 saturated carbocycles. The largest absolute Gasteiger partial charge is 0.309 e. The van der Waals surface area contributed by atoms with E-state index in [4.69, 9.17) is 4.98 Å². The molecular weight excluding hydrogens is 292 g/mol. The van der Waals surface area contributed by atoms with Gasteiger partial charge in [0.25, 0.3) is 0 Å². The van der Waals surface area contributed by atoms with Gasteiger partial charge in [-0.05, 0) is 19.8 Å². The minimum absolute atomic E-state index is 0.606. The Morgan fingerprint density at radius 3 is 2.74 bits per heavy atom. The van der Waals surface area contributed by atoms with Gasteiger partial charge in [0.2, 0.25) is 0 Å². The van der Waals surface area contributed by atoms with Gasteiger partial charge in [0, 0.05) is 33.7 Å². The van der Waals surface area contributed by atoms with Gasteiger partial charge in [-0.25, -0.2) is 4.98 Å². The van der Waals surface area contributed by atoms with Crippen molar-refractivity contribution in [1.82, 2.24) is 10.3 Å². The van der Waals surface area contributed by atoms with Gasteiger partial charge in [-0.3, -0.25) is 0 Å². The van der Waals surface area contributed by atoms with Crippen molar-refractivity contribution in [2.75, 3.05) is 5.75 Å². The molecule has 1 N–H and O–H groups in total. The second-order valence-corrected chi connectivity index (χ2v) is 9.69. The lowest BCUT2D eigenvalue weighted by molar-refractivity contribution is 0.691. The van der Waals surface area contributed by atoms with Gasteiger partial charge in [-0.15, -0.1) is 23.1 Å². The molecule has 19 heavy (non-hydrogen) atoms. The van der Waals surface area contributed by atoms with Gasteiger partial charge < -0.3 is 5.32 Å². The molecule has 2 aliphatic rings. The van der Waals surface area contributed by atoms with Crippen LogP contribution in [0.3, 0.4) is 0 Å². The summed E-state index contributed by atoms with van der Waals surface area (Å²) in [5.74, 6) is 1.22. The molecule has 3 unspecified atom stereocenters. The fourth-order valence-corrected chi connectivity index (χ4v) is 6.40. The van der Waals surface area contributed by atoms with Crippen LogP contribution < -0.4 is 5.32 Å². The van der Waals surface area contributed by atoms with Crippen LogP contribution in [0.15, 0.2) is 0 Å². The summed E-state index contributed by atoms with van der Waals surface area (Å²) in [6.45, 7) is 7.88. The highest BCUT2D eigenvalue weighted by molar-refractivity contribution is 8.07. The van der Waals surface area contributed by atoms with E-state index < -0.39 is 0 Å². The van der Waals surface area contributed by atoms with Crippen molar-refractivity contribution in [3.63, 3.8) is 0 Å². The van der Waals surface area contributed by atoms with Crippen molar-refractivity contribution in [2.45, 2.75) is 61.9 Å². The van der Waals surface area contributed by atoms with Crippen LogP contribution in [0.1, 0.15) is 47.5 Å². The zero-order chi connectivity index (χ0) is 13.4. The standard InChI is InChI=1S/C14H22N2S3/c1-8-12(6-15-11-4-5-11)19-14(16-8)13-7-17-9(2)10(3)18-13/h9-11,13,15H,4-7H2,1-3H3. The second kappa shape index (κ2) is 5.96. The fourth-order valence-electron chi connectivity index (χ4n) is 2.19. The summed E-state index contributed by atoms with van der Waals surface area (Å²) >= 11 is 6.15. The van der Waals surface area contributed by atoms with E-state index in [9.17, 15) is 0 Å². The van der Waals surface area contributed by atoms with Gasteiger partial charge in [-0.2, -0.15) is 11.8 Å². The second-order valence-electron chi connectivity index (χ2n) is 5.58. The van der Waals surface area contributed by atoms with Crippen molar-refractivity contribution in [3.05, 3.63) is 15.6 Å². The topological polar surface area (TPSA) is 24.9 Å². The zero-order valence-corrected chi connectivity index (χ0v) is 14.3. The normalized spacial score (nSPS) is 31.6. The van der Waals surface area contributed by atoms with E-state index in [-0.39, 0.29) is 0 Å². The Labute approximate surface area is 128 Å². The van der Waals surface area contributed by atoms with Crippen LogP contribution in [0.25, 0.3) is 0 Å². The highest BCUT2D eigenvalue weighted by atomic mass is 32.2. The molecule has 1 aliphatic heterocycles. The first kappa shape index (κ1) is 14.2. The third-order valence-electron chi connectivity index (χ3n) is 3.86. The average molecular weight is 315 g/mol. The molecule has 1 aromatic heterocycles. The van der Waals surface area contributed by atoms with Crippen LogP contribution in [0.4, 0.5) is 0 Å². The Morgan fingerprint density at radius 1 is 1.26 bits per heavy atom. The monoisotopic (exact) mass is 314 g/mol. The van der Waals surface area contributed by atoms with E-state index in [1.807, 2.05) is 11.3 Å². The number of rotatable bonds is 4. The van der Waals surface area contributed by atoms with Crippen LogP contribution in [0.2, 0.25) is 0 Å². The summed E-state index contributed by atoms with van der Waals surface area (Å²) in [7, 11) is 0. The predicted molar refractivity (Wildman–Crippen MR) is 88.4 cm³/mol.